The van der Waals surface area contributed by atoms with Gasteiger partial charge in [-0.1, -0.05) is 6.07 Å². The minimum atomic E-state index is -1.08. The summed E-state index contributed by atoms with van der Waals surface area (Å²) in [5, 5.41) is 19.0. The number of hydrogen-bond acceptors (Lipinski definition) is 8. The molecule has 0 amide bonds. The number of aromatic nitrogens is 8. The maximum Gasteiger partial charge on any atom is 0.209 e. The van der Waals surface area contributed by atoms with Crippen LogP contribution in [-0.4, -0.2) is 53.0 Å². The lowest BCUT2D eigenvalue weighted by Gasteiger charge is -2.09. The van der Waals surface area contributed by atoms with Crippen molar-refractivity contribution in [1.29, 1.82) is 0 Å². The average Bonchev–Trinajstić information content (AvgIpc) is 3.51. The topological polar surface area (TPSA) is 125 Å². The first-order valence-electron chi connectivity index (χ1n) is 9.22. The van der Waals surface area contributed by atoms with E-state index >= 15 is 0 Å². The van der Waals surface area contributed by atoms with Gasteiger partial charge in [0.1, 0.15) is 5.69 Å². The van der Waals surface area contributed by atoms with E-state index in [4.69, 9.17) is 5.73 Å². The molecule has 1 aliphatic rings. The van der Waals surface area contributed by atoms with E-state index < -0.39 is 11.6 Å². The lowest BCUT2D eigenvalue weighted by Crippen LogP contribution is -2.13. The Morgan fingerprint density at radius 2 is 2.10 bits per heavy atom. The molecule has 0 aliphatic carbocycles. The molecule has 1 aromatic carbocycles. The third kappa shape index (κ3) is 3.06. The third-order valence-electron chi connectivity index (χ3n) is 4.95. The minimum absolute atomic E-state index is 0.0405. The van der Waals surface area contributed by atoms with Crippen molar-refractivity contribution in [3.05, 3.63) is 48.4 Å². The van der Waals surface area contributed by atoms with Crippen molar-refractivity contribution < 1.29 is 8.78 Å². The number of nitrogens with one attached hydrogen (secondary N) is 1. The summed E-state index contributed by atoms with van der Waals surface area (Å²) >= 11 is 0. The number of nitrogens with two attached hydrogens (primary N) is 1. The first-order valence-corrected chi connectivity index (χ1v) is 9.22. The van der Waals surface area contributed by atoms with E-state index in [1.807, 2.05) is 10.9 Å². The molecule has 12 heteroatoms. The zero-order valence-corrected chi connectivity index (χ0v) is 15.6. The van der Waals surface area contributed by atoms with Crippen molar-refractivity contribution in [3.63, 3.8) is 0 Å². The van der Waals surface area contributed by atoms with Crippen molar-refractivity contribution in [1.82, 2.24) is 45.3 Å². The number of benzene rings is 1. The molecule has 10 nitrogen and oxygen atoms in total. The summed E-state index contributed by atoms with van der Waals surface area (Å²) in [4.78, 5) is 8.71. The highest BCUT2D eigenvalue weighted by molar-refractivity contribution is 5.69. The molecule has 0 saturated carbocycles. The zero-order valence-electron chi connectivity index (χ0n) is 15.6. The molecule has 0 bridgehead atoms. The summed E-state index contributed by atoms with van der Waals surface area (Å²) in [6, 6.07) is 4.00. The van der Waals surface area contributed by atoms with Crippen LogP contribution in [0.25, 0.3) is 28.5 Å². The standard InChI is InChI=1S/C18H16F2N10/c19-12-2-1-3-14(15(12)20)30-18(26-27-28-30)16-17(21)23-8-13(25-16)10-6-24-29(9-10)11-4-5-22-7-11/h1-3,6,8-9,11,22H,4-5,7H2,(H2,21,23)/t11-/m0/s1. The van der Waals surface area contributed by atoms with Crippen LogP contribution >= 0.6 is 0 Å². The van der Waals surface area contributed by atoms with Gasteiger partial charge in [-0.2, -0.15) is 9.78 Å². The number of rotatable bonds is 4. The molecular weight excluding hydrogens is 394 g/mol. The maximum absolute atomic E-state index is 14.3. The van der Waals surface area contributed by atoms with Gasteiger partial charge in [-0.15, -0.1) is 5.10 Å². The van der Waals surface area contributed by atoms with Gasteiger partial charge in [0, 0.05) is 18.3 Å². The molecule has 1 atom stereocenters. The lowest BCUT2D eigenvalue weighted by atomic mass is 10.2. The van der Waals surface area contributed by atoms with E-state index in [1.54, 1.807) is 6.20 Å². The normalized spacial score (nSPS) is 16.3. The van der Waals surface area contributed by atoms with Gasteiger partial charge in [-0.3, -0.25) is 4.68 Å². The Labute approximate surface area is 168 Å². The Balaban J connectivity index is 1.56. The van der Waals surface area contributed by atoms with Crippen LogP contribution in [0, 0.1) is 11.6 Å². The number of tetrazole rings is 1. The fourth-order valence-corrected chi connectivity index (χ4v) is 3.39. The second-order valence-electron chi connectivity index (χ2n) is 6.83. The highest BCUT2D eigenvalue weighted by Crippen LogP contribution is 2.27. The molecule has 1 aliphatic heterocycles. The summed E-state index contributed by atoms with van der Waals surface area (Å²) < 4.78 is 30.9. The maximum atomic E-state index is 14.3. The lowest BCUT2D eigenvalue weighted by molar-refractivity contribution is 0.491. The number of nitrogens with zero attached hydrogens (tertiary/aromatic N) is 8. The van der Waals surface area contributed by atoms with Crippen LogP contribution in [-0.2, 0) is 0 Å². The number of halogens is 2. The summed E-state index contributed by atoms with van der Waals surface area (Å²) in [5.74, 6) is -2.01. The van der Waals surface area contributed by atoms with Gasteiger partial charge in [-0.05, 0) is 35.5 Å². The first-order chi connectivity index (χ1) is 14.6. The molecule has 4 heterocycles. The Kier molecular flexibility index (Phi) is 4.39. The molecule has 1 fully saturated rings. The van der Waals surface area contributed by atoms with Crippen LogP contribution in [0.5, 0.6) is 0 Å². The van der Waals surface area contributed by atoms with E-state index in [0.29, 0.717) is 5.69 Å². The predicted octanol–water partition coefficient (Wildman–Crippen LogP) is 1.38. The molecule has 5 rings (SSSR count). The van der Waals surface area contributed by atoms with Gasteiger partial charge in [0.05, 0.1) is 24.1 Å². The van der Waals surface area contributed by atoms with Crippen LogP contribution in [0.3, 0.4) is 0 Å². The summed E-state index contributed by atoms with van der Waals surface area (Å²) in [7, 11) is 0. The average molecular weight is 410 g/mol. The molecule has 30 heavy (non-hydrogen) atoms. The van der Waals surface area contributed by atoms with Gasteiger partial charge < -0.3 is 11.1 Å². The summed E-state index contributed by atoms with van der Waals surface area (Å²) in [6.07, 6.45) is 6.09. The quantitative estimate of drug-likeness (QED) is 0.517. The Bertz CT molecular complexity index is 1210. The predicted molar refractivity (Wildman–Crippen MR) is 102 cm³/mol. The smallest absolute Gasteiger partial charge is 0.209 e. The van der Waals surface area contributed by atoms with Gasteiger partial charge in [0.2, 0.25) is 5.82 Å². The van der Waals surface area contributed by atoms with Crippen LogP contribution in [0.4, 0.5) is 14.6 Å². The van der Waals surface area contributed by atoms with Crippen molar-refractivity contribution in [2.24, 2.45) is 0 Å². The second kappa shape index (κ2) is 7.22. The van der Waals surface area contributed by atoms with Crippen LogP contribution in [0.15, 0.2) is 36.8 Å². The second-order valence-corrected chi connectivity index (χ2v) is 6.83. The first kappa shape index (κ1) is 18.2. The highest BCUT2D eigenvalue weighted by atomic mass is 19.2. The van der Waals surface area contributed by atoms with Gasteiger partial charge >= 0.3 is 0 Å². The van der Waals surface area contributed by atoms with Crippen molar-refractivity contribution >= 4 is 5.82 Å². The summed E-state index contributed by atoms with van der Waals surface area (Å²) in [5.41, 5.74) is 7.23. The number of anilines is 1. The minimum Gasteiger partial charge on any atom is -0.382 e. The molecule has 4 aromatic rings. The monoisotopic (exact) mass is 410 g/mol. The Morgan fingerprint density at radius 3 is 2.93 bits per heavy atom. The number of hydrogen-bond donors (Lipinski definition) is 2. The van der Waals surface area contributed by atoms with Gasteiger partial charge in [0.15, 0.2) is 23.1 Å². The zero-order chi connectivity index (χ0) is 20.7. The molecular formula is C18H16F2N10. The van der Waals surface area contributed by atoms with E-state index in [1.165, 1.54) is 18.3 Å². The SMILES string of the molecule is Nc1ncc(-c2cnn([C@H]3CCNC3)c2)nc1-c1nnnn1-c1cccc(F)c1F. The van der Waals surface area contributed by atoms with E-state index in [0.717, 1.165) is 35.8 Å². The highest BCUT2D eigenvalue weighted by Gasteiger charge is 2.22. The van der Waals surface area contributed by atoms with Crippen LogP contribution in [0.2, 0.25) is 0 Å². The van der Waals surface area contributed by atoms with Crippen molar-refractivity contribution in [2.45, 2.75) is 12.5 Å². The number of nitrogen functional groups attached to an aromatic ring is 1. The Morgan fingerprint density at radius 1 is 1.20 bits per heavy atom. The fraction of sp³-hybridized carbons (Fsp3) is 0.222. The van der Waals surface area contributed by atoms with E-state index in [9.17, 15) is 8.78 Å². The molecule has 0 spiro atoms. The van der Waals surface area contributed by atoms with E-state index in [2.05, 4.69) is 35.9 Å². The molecule has 1 saturated heterocycles. The van der Waals surface area contributed by atoms with Gasteiger partial charge in [0.25, 0.3) is 0 Å². The largest absolute Gasteiger partial charge is 0.382 e. The molecule has 0 radical (unpaired) electrons. The third-order valence-corrected chi connectivity index (χ3v) is 4.95. The molecule has 0 unspecified atom stereocenters. The van der Waals surface area contributed by atoms with Crippen LogP contribution in [0.1, 0.15) is 12.5 Å². The molecule has 3 aromatic heterocycles. The molecule has 3 N–H and O–H groups in total. The van der Waals surface area contributed by atoms with Crippen molar-refractivity contribution in [3.8, 4) is 28.5 Å². The van der Waals surface area contributed by atoms with Crippen LogP contribution < -0.4 is 11.1 Å². The fourth-order valence-electron chi connectivity index (χ4n) is 3.39. The van der Waals surface area contributed by atoms with Crippen molar-refractivity contribution in [2.75, 3.05) is 18.8 Å². The summed E-state index contributed by atoms with van der Waals surface area (Å²) in [6.45, 7) is 1.80. The molecule has 152 valence electrons. The Hall–Kier alpha value is -3.80. The van der Waals surface area contributed by atoms with E-state index in [-0.39, 0.29) is 29.1 Å². The van der Waals surface area contributed by atoms with Gasteiger partial charge in [-0.25, -0.2) is 18.7 Å².